The van der Waals surface area contributed by atoms with Crippen LogP contribution in [0.25, 0.3) is 11.5 Å². The molecule has 2 heterocycles. The van der Waals surface area contributed by atoms with Crippen LogP contribution in [0.4, 0.5) is 0 Å². The van der Waals surface area contributed by atoms with E-state index in [2.05, 4.69) is 10.1 Å². The molecule has 6 nitrogen and oxygen atoms in total. The van der Waals surface area contributed by atoms with Crippen LogP contribution in [0.1, 0.15) is 34.9 Å². The standard InChI is InChI=1S/C14H14N2O4/c17-14(18)10-4-1-3-9(7-10)13-15-12(16-20-13)11-5-2-6-19-8-11/h1,3-4,7,11H,2,5-6,8H2,(H,17,18). The zero-order valence-electron chi connectivity index (χ0n) is 10.8. The van der Waals surface area contributed by atoms with E-state index in [1.165, 1.54) is 12.1 Å². The van der Waals surface area contributed by atoms with E-state index >= 15 is 0 Å². The second-order valence-electron chi connectivity index (χ2n) is 4.76. The van der Waals surface area contributed by atoms with Gasteiger partial charge in [-0.05, 0) is 31.0 Å². The smallest absolute Gasteiger partial charge is 0.335 e. The summed E-state index contributed by atoms with van der Waals surface area (Å²) in [6, 6.07) is 6.46. The number of nitrogens with zero attached hydrogens (tertiary/aromatic N) is 2. The van der Waals surface area contributed by atoms with Gasteiger partial charge in [0.05, 0.1) is 12.2 Å². The van der Waals surface area contributed by atoms with Gasteiger partial charge >= 0.3 is 5.97 Å². The van der Waals surface area contributed by atoms with Crippen LogP contribution in [0.15, 0.2) is 28.8 Å². The third-order valence-corrected chi connectivity index (χ3v) is 3.32. The lowest BCUT2D eigenvalue weighted by atomic mass is 10.0. The molecule has 20 heavy (non-hydrogen) atoms. The van der Waals surface area contributed by atoms with Crippen molar-refractivity contribution in [1.29, 1.82) is 0 Å². The van der Waals surface area contributed by atoms with E-state index in [1.807, 2.05) is 0 Å². The quantitative estimate of drug-likeness (QED) is 0.924. The zero-order chi connectivity index (χ0) is 13.9. The molecular formula is C14H14N2O4. The summed E-state index contributed by atoms with van der Waals surface area (Å²) >= 11 is 0. The number of carboxylic acids is 1. The monoisotopic (exact) mass is 274 g/mol. The van der Waals surface area contributed by atoms with Gasteiger partial charge in [0, 0.05) is 18.1 Å². The lowest BCUT2D eigenvalue weighted by Crippen LogP contribution is -2.16. The van der Waals surface area contributed by atoms with Crippen molar-refractivity contribution in [3.05, 3.63) is 35.7 Å². The highest BCUT2D eigenvalue weighted by Gasteiger charge is 2.22. The van der Waals surface area contributed by atoms with E-state index in [0.29, 0.717) is 23.9 Å². The predicted octanol–water partition coefficient (Wildman–Crippen LogP) is 2.33. The van der Waals surface area contributed by atoms with E-state index in [1.54, 1.807) is 12.1 Å². The first-order valence-corrected chi connectivity index (χ1v) is 6.49. The minimum Gasteiger partial charge on any atom is -0.478 e. The van der Waals surface area contributed by atoms with E-state index in [9.17, 15) is 4.79 Å². The Labute approximate surface area is 115 Å². The molecule has 1 unspecified atom stereocenters. The molecule has 0 radical (unpaired) electrons. The largest absolute Gasteiger partial charge is 0.478 e. The molecule has 1 fully saturated rings. The second-order valence-corrected chi connectivity index (χ2v) is 4.76. The number of hydrogen-bond donors (Lipinski definition) is 1. The van der Waals surface area contributed by atoms with Crippen molar-refractivity contribution in [2.24, 2.45) is 0 Å². The summed E-state index contributed by atoms with van der Waals surface area (Å²) in [6.45, 7) is 1.38. The normalized spacial score (nSPS) is 18.9. The van der Waals surface area contributed by atoms with Crippen molar-refractivity contribution < 1.29 is 19.2 Å². The van der Waals surface area contributed by atoms with Crippen LogP contribution in [-0.2, 0) is 4.74 Å². The van der Waals surface area contributed by atoms with Gasteiger partial charge < -0.3 is 14.4 Å². The summed E-state index contributed by atoms with van der Waals surface area (Å²) < 4.78 is 10.6. The number of rotatable bonds is 3. The summed E-state index contributed by atoms with van der Waals surface area (Å²) in [4.78, 5) is 15.3. The van der Waals surface area contributed by atoms with E-state index in [0.717, 1.165) is 19.4 Å². The van der Waals surface area contributed by atoms with Crippen LogP contribution in [-0.4, -0.2) is 34.4 Å². The average molecular weight is 274 g/mol. The number of benzene rings is 1. The van der Waals surface area contributed by atoms with Crippen molar-refractivity contribution in [3.8, 4) is 11.5 Å². The fourth-order valence-electron chi connectivity index (χ4n) is 2.25. The summed E-state index contributed by atoms with van der Waals surface area (Å²) in [5.41, 5.74) is 0.809. The lowest BCUT2D eigenvalue weighted by molar-refractivity contribution is 0.0697. The van der Waals surface area contributed by atoms with Crippen molar-refractivity contribution in [2.75, 3.05) is 13.2 Å². The van der Waals surface area contributed by atoms with Crippen LogP contribution in [0.2, 0.25) is 0 Å². The van der Waals surface area contributed by atoms with Crippen LogP contribution >= 0.6 is 0 Å². The summed E-state index contributed by atoms with van der Waals surface area (Å²) in [6.07, 6.45) is 1.97. The molecule has 0 saturated carbocycles. The molecule has 0 aliphatic carbocycles. The molecule has 6 heteroatoms. The van der Waals surface area contributed by atoms with Gasteiger partial charge in [0.2, 0.25) is 0 Å². The molecule has 104 valence electrons. The fraction of sp³-hybridized carbons (Fsp3) is 0.357. The highest BCUT2D eigenvalue weighted by atomic mass is 16.5. The molecule has 1 atom stereocenters. The van der Waals surface area contributed by atoms with E-state index < -0.39 is 5.97 Å². The van der Waals surface area contributed by atoms with Gasteiger partial charge in [-0.2, -0.15) is 4.98 Å². The number of aromatic nitrogens is 2. The Bertz CT molecular complexity index is 617. The third-order valence-electron chi connectivity index (χ3n) is 3.32. The maximum atomic E-state index is 11.0. The summed E-state index contributed by atoms with van der Waals surface area (Å²) in [5.74, 6) is 0.144. The first kappa shape index (κ1) is 12.8. The van der Waals surface area contributed by atoms with Gasteiger partial charge in [-0.3, -0.25) is 0 Å². The van der Waals surface area contributed by atoms with Crippen LogP contribution in [0.5, 0.6) is 0 Å². The summed E-state index contributed by atoms with van der Waals surface area (Å²) in [5, 5.41) is 13.0. The molecule has 1 saturated heterocycles. The van der Waals surface area contributed by atoms with Gasteiger partial charge in [0.15, 0.2) is 5.82 Å². The molecule has 0 spiro atoms. The third kappa shape index (κ3) is 2.55. The van der Waals surface area contributed by atoms with Crippen LogP contribution in [0, 0.1) is 0 Å². The molecule has 1 aromatic carbocycles. The minimum atomic E-state index is -0.979. The molecule has 1 aliphatic rings. The van der Waals surface area contributed by atoms with Crippen molar-refractivity contribution in [2.45, 2.75) is 18.8 Å². The number of aromatic carboxylic acids is 1. The Morgan fingerprint density at radius 3 is 3.05 bits per heavy atom. The Morgan fingerprint density at radius 2 is 2.30 bits per heavy atom. The Hall–Kier alpha value is -2.21. The molecule has 1 N–H and O–H groups in total. The highest BCUT2D eigenvalue weighted by Crippen LogP contribution is 2.26. The number of ether oxygens (including phenoxy) is 1. The highest BCUT2D eigenvalue weighted by molar-refractivity contribution is 5.88. The van der Waals surface area contributed by atoms with Crippen molar-refractivity contribution >= 4 is 5.97 Å². The molecule has 3 rings (SSSR count). The molecule has 0 amide bonds. The molecule has 1 aliphatic heterocycles. The van der Waals surface area contributed by atoms with Crippen molar-refractivity contribution in [1.82, 2.24) is 10.1 Å². The number of carbonyl (C=O) groups is 1. The maximum absolute atomic E-state index is 11.0. The van der Waals surface area contributed by atoms with E-state index in [4.69, 9.17) is 14.4 Å². The molecular weight excluding hydrogens is 260 g/mol. The van der Waals surface area contributed by atoms with Crippen LogP contribution < -0.4 is 0 Å². The fourth-order valence-corrected chi connectivity index (χ4v) is 2.25. The first-order valence-electron chi connectivity index (χ1n) is 6.49. The molecule has 0 bridgehead atoms. The van der Waals surface area contributed by atoms with Gasteiger partial charge in [0.1, 0.15) is 0 Å². The predicted molar refractivity (Wildman–Crippen MR) is 69.5 cm³/mol. The van der Waals surface area contributed by atoms with E-state index in [-0.39, 0.29) is 11.5 Å². The molecule has 2 aromatic rings. The Morgan fingerprint density at radius 1 is 1.40 bits per heavy atom. The number of hydrogen-bond acceptors (Lipinski definition) is 5. The first-order chi connectivity index (χ1) is 9.74. The minimum absolute atomic E-state index is 0.156. The zero-order valence-corrected chi connectivity index (χ0v) is 10.8. The SMILES string of the molecule is O=C(O)c1cccc(-c2nc(C3CCCOC3)no2)c1. The van der Waals surface area contributed by atoms with Crippen LogP contribution in [0.3, 0.4) is 0 Å². The van der Waals surface area contributed by atoms with Gasteiger partial charge in [-0.15, -0.1) is 0 Å². The summed E-state index contributed by atoms with van der Waals surface area (Å²) in [7, 11) is 0. The average Bonchev–Trinajstić information content (AvgIpc) is 2.98. The Kier molecular flexibility index (Phi) is 3.47. The number of carboxylic acid groups (broad SMARTS) is 1. The van der Waals surface area contributed by atoms with Gasteiger partial charge in [-0.25, -0.2) is 4.79 Å². The van der Waals surface area contributed by atoms with Gasteiger partial charge in [0.25, 0.3) is 5.89 Å². The van der Waals surface area contributed by atoms with Gasteiger partial charge in [-0.1, -0.05) is 11.2 Å². The second kappa shape index (κ2) is 5.42. The van der Waals surface area contributed by atoms with Crippen molar-refractivity contribution in [3.63, 3.8) is 0 Å². The Balaban J connectivity index is 1.85. The maximum Gasteiger partial charge on any atom is 0.335 e. The topological polar surface area (TPSA) is 85.5 Å². The molecule has 1 aromatic heterocycles. The lowest BCUT2D eigenvalue weighted by Gasteiger charge is -2.18.